The topological polar surface area (TPSA) is 260 Å². The zero-order chi connectivity index (χ0) is 46.7. The average Bonchev–Trinajstić information content (AvgIpc) is 3.83. The molecule has 2 amide bonds. The number of aliphatic hydroxyl groups is 3. The fraction of sp³-hybridized carbons (Fsp3) is 0.234. The summed E-state index contributed by atoms with van der Waals surface area (Å²) in [6, 6.07) is 36.2. The van der Waals surface area contributed by atoms with Crippen molar-refractivity contribution in [3.63, 3.8) is 0 Å². The van der Waals surface area contributed by atoms with Crippen molar-refractivity contribution in [2.24, 2.45) is 0 Å². The fourth-order valence-electron chi connectivity index (χ4n) is 7.07. The zero-order valence-electron chi connectivity index (χ0n) is 35.1. The Morgan fingerprint density at radius 3 is 1.26 bits per heavy atom. The van der Waals surface area contributed by atoms with Crippen molar-refractivity contribution >= 4 is 35.4 Å². The molecule has 4 aromatic carbocycles. The van der Waals surface area contributed by atoms with Gasteiger partial charge in [-0.2, -0.15) is 9.97 Å². The number of hydrogen-bond acceptors (Lipinski definition) is 15. The molecule has 2 fully saturated rings. The van der Waals surface area contributed by atoms with Crippen LogP contribution in [0.5, 0.6) is 0 Å². The molecule has 19 nitrogen and oxygen atoms in total. The average molecular weight is 901 g/mol. The number of hydrogen-bond donors (Lipinski definition) is 5. The van der Waals surface area contributed by atoms with Crippen molar-refractivity contribution in [1.82, 2.24) is 19.1 Å². The third-order valence-electron chi connectivity index (χ3n) is 10.5. The molecule has 340 valence electrons. The highest BCUT2D eigenvalue weighted by molar-refractivity contribution is 6.04. The Morgan fingerprint density at radius 2 is 0.909 bits per heavy atom. The lowest BCUT2D eigenvalue weighted by Gasteiger charge is -2.22. The number of rotatable bonds is 12. The van der Waals surface area contributed by atoms with Crippen LogP contribution < -0.4 is 22.0 Å². The maximum absolute atomic E-state index is 12.7. The van der Waals surface area contributed by atoms with Crippen LogP contribution in [0.25, 0.3) is 0 Å². The van der Waals surface area contributed by atoms with Crippen LogP contribution in [-0.4, -0.2) is 101 Å². The molecule has 0 aliphatic carbocycles. The van der Waals surface area contributed by atoms with Gasteiger partial charge in [0.15, 0.2) is 24.7 Å². The Kier molecular flexibility index (Phi) is 15.0. The van der Waals surface area contributed by atoms with Crippen molar-refractivity contribution in [2.75, 3.05) is 17.2 Å². The first kappa shape index (κ1) is 46.3. The first-order valence-corrected chi connectivity index (χ1v) is 20.7. The summed E-state index contributed by atoms with van der Waals surface area (Å²) in [4.78, 5) is 82.9. The number of nitrogens with one attached hydrogen (secondary N) is 2. The van der Waals surface area contributed by atoms with Gasteiger partial charge in [-0.3, -0.25) is 18.7 Å². The predicted octanol–water partition coefficient (Wildman–Crippen LogP) is 3.36. The Balaban J connectivity index is 0.000000196. The molecular formula is C47H44N6O13. The number of ether oxygens (including phenoxy) is 4. The second-order valence-corrected chi connectivity index (χ2v) is 14.8. The minimum Gasteiger partial charge on any atom is -0.451 e. The molecule has 19 heteroatoms. The number of aliphatic hydroxyl groups excluding tert-OH is 3. The van der Waals surface area contributed by atoms with E-state index >= 15 is 0 Å². The van der Waals surface area contributed by atoms with E-state index in [1.165, 1.54) is 24.5 Å². The van der Waals surface area contributed by atoms with E-state index in [2.05, 4.69) is 20.6 Å². The summed E-state index contributed by atoms with van der Waals surface area (Å²) in [5, 5.41) is 35.8. The van der Waals surface area contributed by atoms with Crippen LogP contribution in [-0.2, 0) is 18.9 Å². The number of benzene rings is 4. The maximum atomic E-state index is 12.7. The third kappa shape index (κ3) is 10.8. The van der Waals surface area contributed by atoms with E-state index in [4.69, 9.17) is 18.9 Å². The van der Waals surface area contributed by atoms with Gasteiger partial charge in [0.05, 0.1) is 23.8 Å². The molecular weight excluding hydrogens is 857 g/mol. The largest absolute Gasteiger partial charge is 0.451 e. The lowest BCUT2D eigenvalue weighted by Crippen LogP contribution is -2.39. The van der Waals surface area contributed by atoms with Crippen LogP contribution in [0, 0.1) is 0 Å². The van der Waals surface area contributed by atoms with Gasteiger partial charge in [-0.15, -0.1) is 0 Å². The quantitative estimate of drug-likeness (QED) is 0.110. The van der Waals surface area contributed by atoms with Gasteiger partial charge < -0.3 is 44.9 Å². The van der Waals surface area contributed by atoms with E-state index in [0.717, 1.165) is 9.13 Å². The van der Waals surface area contributed by atoms with Crippen molar-refractivity contribution in [1.29, 1.82) is 0 Å². The van der Waals surface area contributed by atoms with Crippen LogP contribution in [0.2, 0.25) is 0 Å². The van der Waals surface area contributed by atoms with Gasteiger partial charge in [0.25, 0.3) is 11.8 Å². The van der Waals surface area contributed by atoms with Crippen LogP contribution in [0.4, 0.5) is 11.6 Å². The zero-order valence-corrected chi connectivity index (χ0v) is 35.1. The van der Waals surface area contributed by atoms with Crippen molar-refractivity contribution in [3.05, 3.63) is 189 Å². The highest BCUT2D eigenvalue weighted by atomic mass is 16.6. The number of esters is 2. The summed E-state index contributed by atoms with van der Waals surface area (Å²) >= 11 is 0. The predicted molar refractivity (Wildman–Crippen MR) is 234 cm³/mol. The number of amides is 2. The molecule has 8 atom stereocenters. The van der Waals surface area contributed by atoms with Crippen LogP contribution in [0.3, 0.4) is 0 Å². The van der Waals surface area contributed by atoms with Gasteiger partial charge >= 0.3 is 23.3 Å². The van der Waals surface area contributed by atoms with Crippen LogP contribution >= 0.6 is 0 Å². The first-order chi connectivity index (χ1) is 31.9. The SMILES string of the molecule is CC[C@H]1O[C@@H](n2ccc(NC(=O)c3ccccc3)nc2=O)[C@@H](OC(=O)c2ccccc2)[C@@H]1O.O=C(Nc1ccn([C@@H]2O[C@H](CO)[C@@H](O)[C@@H]2OC(=O)c2ccccc2)c(=O)n1)c1ccccc1. The van der Waals surface area contributed by atoms with Gasteiger partial charge in [0.2, 0.25) is 0 Å². The molecule has 0 saturated carbocycles. The highest BCUT2D eigenvalue weighted by Crippen LogP contribution is 2.34. The summed E-state index contributed by atoms with van der Waals surface area (Å²) < 4.78 is 24.6. The summed E-state index contributed by atoms with van der Waals surface area (Å²) in [6.07, 6.45) is -5.78. The van der Waals surface area contributed by atoms with Crippen LogP contribution in [0.15, 0.2) is 155 Å². The van der Waals surface area contributed by atoms with Gasteiger partial charge in [0, 0.05) is 23.5 Å². The normalized spacial score (nSPS) is 22.0. The number of carbonyl (C=O) groups excluding carboxylic acids is 4. The van der Waals surface area contributed by atoms with Gasteiger partial charge in [-0.25, -0.2) is 19.2 Å². The van der Waals surface area contributed by atoms with E-state index in [9.17, 15) is 44.1 Å². The Hall–Kier alpha value is -7.68. The van der Waals surface area contributed by atoms with E-state index in [-0.39, 0.29) is 17.2 Å². The first-order valence-electron chi connectivity index (χ1n) is 20.7. The minimum absolute atomic E-state index is 0.0141. The fourth-order valence-corrected chi connectivity index (χ4v) is 7.07. The van der Waals surface area contributed by atoms with Gasteiger partial charge in [0.1, 0.15) is 29.9 Å². The monoisotopic (exact) mass is 900 g/mol. The summed E-state index contributed by atoms with van der Waals surface area (Å²) in [6.45, 7) is 1.26. The van der Waals surface area contributed by atoms with Crippen molar-refractivity contribution in [3.8, 4) is 0 Å². The Bertz CT molecular complexity index is 2550. The summed E-state index contributed by atoms with van der Waals surface area (Å²) in [7, 11) is 0. The number of aromatic nitrogens is 4. The highest BCUT2D eigenvalue weighted by Gasteiger charge is 2.48. The molecule has 2 aromatic heterocycles. The van der Waals surface area contributed by atoms with Gasteiger partial charge in [-0.1, -0.05) is 79.7 Å². The van der Waals surface area contributed by atoms with Crippen molar-refractivity contribution in [2.45, 2.75) is 62.4 Å². The molecule has 2 aliphatic rings. The number of nitrogens with zero attached hydrogens (tertiary/aromatic N) is 4. The smallest absolute Gasteiger partial charge is 0.351 e. The maximum Gasteiger partial charge on any atom is 0.351 e. The molecule has 6 aromatic rings. The molecule has 2 aliphatic heterocycles. The second-order valence-electron chi connectivity index (χ2n) is 14.8. The van der Waals surface area contributed by atoms with Crippen LogP contribution in [0.1, 0.15) is 67.2 Å². The van der Waals surface area contributed by atoms with Gasteiger partial charge in [-0.05, 0) is 67.1 Å². The molecule has 0 unspecified atom stereocenters. The van der Waals surface area contributed by atoms with E-state index in [1.807, 2.05) is 6.92 Å². The summed E-state index contributed by atoms with van der Waals surface area (Å²) in [5.74, 6) is -2.14. The molecule has 5 N–H and O–H groups in total. The number of carbonyl (C=O) groups is 4. The molecule has 2 saturated heterocycles. The molecule has 0 bridgehead atoms. The second kappa shape index (κ2) is 21.3. The lowest BCUT2D eigenvalue weighted by molar-refractivity contribution is -0.0602. The lowest BCUT2D eigenvalue weighted by atomic mass is 10.1. The van der Waals surface area contributed by atoms with E-state index in [1.54, 1.807) is 121 Å². The van der Waals surface area contributed by atoms with E-state index < -0.39 is 90.8 Å². The van der Waals surface area contributed by atoms with E-state index in [0.29, 0.717) is 23.1 Å². The molecule has 8 rings (SSSR count). The number of anilines is 2. The third-order valence-corrected chi connectivity index (χ3v) is 10.5. The van der Waals surface area contributed by atoms with Crippen molar-refractivity contribution < 1.29 is 53.4 Å². The minimum atomic E-state index is -1.38. The standard InChI is InChI=1S/C24H23N3O6.C23H21N3O7/c1-2-17-19(28)20(33-23(30)16-11-7-4-8-12-16)22(32-17)27-14-13-18(26-24(27)31)25-21(29)15-9-5-3-6-10-15;27-13-16-18(28)19(33-22(30)15-9-5-2-6-10-15)21(32-16)26-12-11-17(25-23(26)31)24-20(29)14-7-3-1-4-8-14/h3-14,17,19-20,22,28H,2H2,1H3,(H,25,26,29,31);1-12,16,18-19,21,27-28H,13H2,(H,24,25,29,31)/t17-,19-,20+,22-;16-,18-,19+,21-/m11/s1. The Labute approximate surface area is 375 Å². The molecule has 66 heavy (non-hydrogen) atoms. The molecule has 4 heterocycles. The Morgan fingerprint density at radius 1 is 0.561 bits per heavy atom. The molecule has 0 spiro atoms. The summed E-state index contributed by atoms with van der Waals surface area (Å²) in [5.41, 5.74) is -0.157. The molecule has 0 radical (unpaired) electrons.